The van der Waals surface area contributed by atoms with Gasteiger partial charge in [0.25, 0.3) is 0 Å². The topological polar surface area (TPSA) is 96.6 Å². The number of amides is 2. The third-order valence-electron chi connectivity index (χ3n) is 7.66. The first kappa shape index (κ1) is 25.5. The fourth-order valence-corrected chi connectivity index (χ4v) is 5.95. The maximum Gasteiger partial charge on any atom is 0.239 e. The Hall–Kier alpha value is -2.17. The van der Waals surface area contributed by atoms with Crippen LogP contribution in [-0.2, 0) is 22.7 Å². The van der Waals surface area contributed by atoms with E-state index in [4.69, 9.17) is 23.2 Å². The van der Waals surface area contributed by atoms with Crippen LogP contribution in [0.2, 0.25) is 10.0 Å². The lowest BCUT2D eigenvalue weighted by Gasteiger charge is -2.47. The van der Waals surface area contributed by atoms with Gasteiger partial charge in [0, 0.05) is 57.2 Å². The van der Waals surface area contributed by atoms with Gasteiger partial charge in [0.05, 0.1) is 29.2 Å². The first-order chi connectivity index (χ1) is 17.5. The molecule has 9 nitrogen and oxygen atoms in total. The second-order valence-electron chi connectivity index (χ2n) is 9.95. The number of nitrogens with one attached hydrogen (secondary N) is 3. The number of imidazole rings is 1. The van der Waals surface area contributed by atoms with Crippen LogP contribution in [-0.4, -0.2) is 88.0 Å². The van der Waals surface area contributed by atoms with Gasteiger partial charge < -0.3 is 15.2 Å². The van der Waals surface area contributed by atoms with Gasteiger partial charge in [-0.3, -0.25) is 24.7 Å². The van der Waals surface area contributed by atoms with E-state index in [1.807, 2.05) is 12.3 Å². The molecule has 36 heavy (non-hydrogen) atoms. The molecule has 2 aliphatic heterocycles. The van der Waals surface area contributed by atoms with Crippen molar-refractivity contribution >= 4 is 35.0 Å². The molecule has 0 radical (unpaired) electrons. The minimum atomic E-state index is -0.185. The van der Waals surface area contributed by atoms with E-state index in [0.717, 1.165) is 63.4 Å². The summed E-state index contributed by atoms with van der Waals surface area (Å²) >= 11 is 12.0. The Morgan fingerprint density at radius 2 is 1.97 bits per heavy atom. The molecule has 2 aromatic rings. The number of aromatic nitrogens is 2. The van der Waals surface area contributed by atoms with Gasteiger partial charge in [0.2, 0.25) is 11.8 Å². The molecule has 3 heterocycles. The van der Waals surface area contributed by atoms with E-state index < -0.39 is 0 Å². The molecule has 0 spiro atoms. The zero-order chi connectivity index (χ0) is 25.1. The van der Waals surface area contributed by atoms with E-state index in [2.05, 4.69) is 30.4 Å². The minimum Gasteiger partial charge on any atom is -0.350 e. The first-order valence-electron chi connectivity index (χ1n) is 12.6. The third-order valence-corrected chi connectivity index (χ3v) is 8.39. The maximum atomic E-state index is 13.3. The number of carbonyl (C=O) groups excluding carboxylic acids is 2. The van der Waals surface area contributed by atoms with Crippen LogP contribution in [0.15, 0.2) is 30.6 Å². The van der Waals surface area contributed by atoms with Gasteiger partial charge in [-0.2, -0.15) is 0 Å². The predicted molar refractivity (Wildman–Crippen MR) is 138 cm³/mol. The second-order valence-corrected chi connectivity index (χ2v) is 10.8. The van der Waals surface area contributed by atoms with Gasteiger partial charge in [0.1, 0.15) is 12.4 Å². The lowest BCUT2D eigenvalue weighted by molar-refractivity contribution is -0.146. The normalized spacial score (nSPS) is 25.6. The standard InChI is InChI=1S/C25H33Cl2N7O2/c26-20-3-1-17(11-21(20)27)13-30-24(35)15-34-16-31-22-4-2-18(12-19(22)25(34)36)33-9-7-32(8-10-33)14-23-28-5-6-29-23/h1,3,5-6,11,18-19,22,31H,2,4,7-10,12-16H2,(H,28,29)(H,30,35). The van der Waals surface area contributed by atoms with E-state index in [1.54, 1.807) is 23.2 Å². The fraction of sp³-hybridized carbons (Fsp3) is 0.560. The summed E-state index contributed by atoms with van der Waals surface area (Å²) in [5, 5.41) is 7.32. The zero-order valence-electron chi connectivity index (χ0n) is 20.3. The highest BCUT2D eigenvalue weighted by Crippen LogP contribution is 2.32. The Balaban J connectivity index is 1.10. The van der Waals surface area contributed by atoms with Crippen molar-refractivity contribution in [3.05, 3.63) is 52.0 Å². The van der Waals surface area contributed by atoms with E-state index in [0.29, 0.717) is 29.3 Å². The Bertz CT molecular complexity index is 1060. The molecular weight excluding hydrogens is 501 g/mol. The number of benzene rings is 1. The third kappa shape index (κ3) is 6.03. The summed E-state index contributed by atoms with van der Waals surface area (Å²) in [5.74, 6) is 0.824. The molecule has 0 bridgehead atoms. The van der Waals surface area contributed by atoms with Gasteiger partial charge in [-0.05, 0) is 37.0 Å². The Labute approximate surface area is 221 Å². The smallest absolute Gasteiger partial charge is 0.239 e. The van der Waals surface area contributed by atoms with Gasteiger partial charge in [-0.15, -0.1) is 0 Å². The lowest BCUT2D eigenvalue weighted by Crippen LogP contribution is -2.62. The molecule has 1 aromatic heterocycles. The van der Waals surface area contributed by atoms with Crippen LogP contribution in [0.5, 0.6) is 0 Å². The van der Waals surface area contributed by atoms with Crippen molar-refractivity contribution < 1.29 is 9.59 Å². The molecule has 194 valence electrons. The summed E-state index contributed by atoms with van der Waals surface area (Å²) in [7, 11) is 0. The molecule has 2 saturated heterocycles. The van der Waals surface area contributed by atoms with Crippen molar-refractivity contribution in [2.45, 2.75) is 44.4 Å². The van der Waals surface area contributed by atoms with Crippen molar-refractivity contribution in [2.24, 2.45) is 5.92 Å². The summed E-state index contributed by atoms with van der Waals surface area (Å²) in [6.45, 7) is 5.66. The Morgan fingerprint density at radius 1 is 1.14 bits per heavy atom. The lowest BCUT2D eigenvalue weighted by atomic mass is 9.79. The number of piperazine rings is 1. The first-order valence-corrected chi connectivity index (χ1v) is 13.4. The van der Waals surface area contributed by atoms with Crippen molar-refractivity contribution in [2.75, 3.05) is 39.4 Å². The number of hydrogen-bond donors (Lipinski definition) is 3. The number of fused-ring (bicyclic) bond motifs is 1. The number of nitrogens with zero attached hydrogens (tertiary/aromatic N) is 4. The molecule has 1 aliphatic carbocycles. The molecule has 5 rings (SSSR count). The van der Waals surface area contributed by atoms with Gasteiger partial charge in [-0.1, -0.05) is 29.3 Å². The van der Waals surface area contributed by atoms with E-state index in [1.165, 1.54) is 0 Å². The van der Waals surface area contributed by atoms with Crippen LogP contribution in [0.1, 0.15) is 30.7 Å². The van der Waals surface area contributed by atoms with Crippen LogP contribution >= 0.6 is 23.2 Å². The average molecular weight is 534 g/mol. The highest BCUT2D eigenvalue weighted by molar-refractivity contribution is 6.42. The molecule has 3 unspecified atom stereocenters. The van der Waals surface area contributed by atoms with Crippen molar-refractivity contribution in [1.29, 1.82) is 0 Å². The Kier molecular flexibility index (Phi) is 8.12. The van der Waals surface area contributed by atoms with Crippen molar-refractivity contribution in [1.82, 2.24) is 35.3 Å². The number of rotatable bonds is 7. The van der Waals surface area contributed by atoms with Crippen molar-refractivity contribution in [3.63, 3.8) is 0 Å². The second kappa shape index (κ2) is 11.5. The molecule has 11 heteroatoms. The SMILES string of the molecule is O=C(CN1CNC2CCC(N3CCN(Cc4ncc[nH]4)CC3)CC2C1=O)NCc1ccc(Cl)c(Cl)c1. The molecule has 3 aliphatic rings. The number of aromatic amines is 1. The highest BCUT2D eigenvalue weighted by atomic mass is 35.5. The quantitative estimate of drug-likeness (QED) is 0.504. The van der Waals surface area contributed by atoms with Gasteiger partial charge >= 0.3 is 0 Å². The van der Waals surface area contributed by atoms with Crippen LogP contribution in [0.25, 0.3) is 0 Å². The summed E-state index contributed by atoms with van der Waals surface area (Å²) in [6.07, 6.45) is 6.59. The maximum absolute atomic E-state index is 13.3. The van der Waals surface area contributed by atoms with Crippen LogP contribution < -0.4 is 10.6 Å². The van der Waals surface area contributed by atoms with Crippen molar-refractivity contribution in [3.8, 4) is 0 Å². The number of carbonyl (C=O) groups is 2. The van der Waals surface area contributed by atoms with Gasteiger partial charge in [0.15, 0.2) is 0 Å². The van der Waals surface area contributed by atoms with E-state index in [9.17, 15) is 9.59 Å². The zero-order valence-corrected chi connectivity index (χ0v) is 21.8. The monoisotopic (exact) mass is 533 g/mol. The molecular formula is C25H33Cl2N7O2. The summed E-state index contributed by atoms with van der Waals surface area (Å²) < 4.78 is 0. The summed E-state index contributed by atoms with van der Waals surface area (Å²) in [6, 6.07) is 5.88. The number of hydrogen-bond acceptors (Lipinski definition) is 6. The minimum absolute atomic E-state index is 0.0481. The highest BCUT2D eigenvalue weighted by Gasteiger charge is 2.42. The van der Waals surface area contributed by atoms with E-state index in [-0.39, 0.29) is 30.3 Å². The summed E-state index contributed by atoms with van der Waals surface area (Å²) in [5.41, 5.74) is 0.861. The van der Waals surface area contributed by atoms with Crippen LogP contribution in [0.3, 0.4) is 0 Å². The summed E-state index contributed by atoms with van der Waals surface area (Å²) in [4.78, 5) is 40.1. The average Bonchev–Trinajstić information content (AvgIpc) is 3.40. The molecule has 2 amide bonds. The molecule has 1 saturated carbocycles. The molecule has 3 atom stereocenters. The van der Waals surface area contributed by atoms with Crippen LogP contribution in [0.4, 0.5) is 0 Å². The number of halogens is 2. The predicted octanol–water partition coefficient (Wildman–Crippen LogP) is 2.08. The fourth-order valence-electron chi connectivity index (χ4n) is 5.63. The molecule has 3 N–H and O–H groups in total. The van der Waals surface area contributed by atoms with Gasteiger partial charge in [-0.25, -0.2) is 4.98 Å². The van der Waals surface area contributed by atoms with Crippen LogP contribution in [0, 0.1) is 5.92 Å². The van der Waals surface area contributed by atoms with E-state index >= 15 is 0 Å². The molecule has 3 fully saturated rings. The molecule has 1 aromatic carbocycles. The number of H-pyrrole nitrogens is 1. The Morgan fingerprint density at radius 3 is 2.72 bits per heavy atom. The largest absolute Gasteiger partial charge is 0.350 e.